The maximum absolute atomic E-state index is 6.35. The number of rotatable bonds is 5. The molecule has 1 atom stereocenters. The van der Waals surface area contributed by atoms with E-state index in [0.29, 0.717) is 0 Å². The second-order valence-corrected chi connectivity index (χ2v) is 13.0. The summed E-state index contributed by atoms with van der Waals surface area (Å²) in [5.41, 5.74) is 5.12. The van der Waals surface area contributed by atoms with E-state index in [1.165, 1.54) is 27.5 Å². The van der Waals surface area contributed by atoms with Crippen LogP contribution in [0.5, 0.6) is 0 Å². The zero-order valence-electron chi connectivity index (χ0n) is 12.3. The molecule has 3 heteroatoms. The van der Waals surface area contributed by atoms with E-state index in [-0.39, 0.29) is 0 Å². The van der Waals surface area contributed by atoms with Crippen LogP contribution in [0, 0.1) is 0 Å². The van der Waals surface area contributed by atoms with Gasteiger partial charge in [0.2, 0.25) is 0 Å². The average molecular weight is 287 g/mol. The largest absolute Gasteiger partial charge is 0.455 e. The predicted octanol–water partition coefficient (Wildman–Crippen LogP) is 3.69. The van der Waals surface area contributed by atoms with Crippen molar-refractivity contribution in [3.8, 4) is 0 Å². The Morgan fingerprint density at radius 1 is 1.11 bits per heavy atom. The molecule has 0 aliphatic heterocycles. The summed E-state index contributed by atoms with van der Waals surface area (Å²) in [5.74, 6) is 0. The van der Waals surface area contributed by atoms with Gasteiger partial charge in [-0.15, -0.1) is 0 Å². The molecule has 100 valence electrons. The van der Waals surface area contributed by atoms with Crippen molar-refractivity contribution in [1.29, 1.82) is 0 Å². The molecule has 1 unspecified atom stereocenters. The summed E-state index contributed by atoms with van der Waals surface area (Å²) in [4.78, 5) is 0. The standard InChI is InChI=1S/C16H22OSi2/c1-7-12-13(8-2)16-14(12)10-9-11-15(16)18(3)17-19(4,5)6/h7-11,18H,1-2H2,3-6H3. The maximum Gasteiger partial charge on any atom is 0.193 e. The lowest BCUT2D eigenvalue weighted by atomic mass is 9.80. The molecule has 19 heavy (non-hydrogen) atoms. The third-order valence-corrected chi connectivity index (χ3v) is 8.92. The first-order chi connectivity index (χ1) is 8.89. The van der Waals surface area contributed by atoms with Gasteiger partial charge in [0, 0.05) is 0 Å². The number of benzene rings is 1. The van der Waals surface area contributed by atoms with E-state index in [1.54, 1.807) is 0 Å². The summed E-state index contributed by atoms with van der Waals surface area (Å²) in [7, 11) is -2.82. The second-order valence-electron chi connectivity index (χ2n) is 5.88. The molecule has 0 saturated carbocycles. The third kappa shape index (κ3) is 2.59. The molecule has 0 N–H and O–H groups in total. The van der Waals surface area contributed by atoms with Crippen LogP contribution < -0.4 is 5.19 Å². The van der Waals surface area contributed by atoms with Gasteiger partial charge in [0.05, 0.1) is 0 Å². The lowest BCUT2D eigenvalue weighted by molar-refractivity contribution is 0.589. The minimum atomic E-state index is -1.48. The van der Waals surface area contributed by atoms with Crippen LogP contribution in [0.25, 0.3) is 11.1 Å². The van der Waals surface area contributed by atoms with E-state index in [9.17, 15) is 0 Å². The molecule has 1 aliphatic rings. The van der Waals surface area contributed by atoms with Crippen molar-refractivity contribution in [2.45, 2.75) is 26.2 Å². The highest BCUT2D eigenvalue weighted by Crippen LogP contribution is 2.40. The Balaban J connectivity index is 2.41. The zero-order valence-corrected chi connectivity index (χ0v) is 14.4. The van der Waals surface area contributed by atoms with Crippen molar-refractivity contribution in [2.75, 3.05) is 0 Å². The Kier molecular flexibility index (Phi) is 3.81. The van der Waals surface area contributed by atoms with Crippen molar-refractivity contribution in [2.24, 2.45) is 0 Å². The predicted molar refractivity (Wildman–Crippen MR) is 90.7 cm³/mol. The van der Waals surface area contributed by atoms with E-state index in [2.05, 4.69) is 57.5 Å². The molecule has 0 saturated heterocycles. The molecule has 0 fully saturated rings. The first-order valence-corrected chi connectivity index (χ1v) is 12.3. The van der Waals surface area contributed by atoms with Crippen molar-refractivity contribution < 1.29 is 4.12 Å². The van der Waals surface area contributed by atoms with Crippen LogP contribution in [-0.4, -0.2) is 17.4 Å². The van der Waals surface area contributed by atoms with E-state index in [0.717, 1.165) is 0 Å². The van der Waals surface area contributed by atoms with E-state index in [4.69, 9.17) is 4.12 Å². The van der Waals surface area contributed by atoms with E-state index < -0.39 is 17.4 Å². The van der Waals surface area contributed by atoms with Gasteiger partial charge in [0.15, 0.2) is 17.4 Å². The fraction of sp³-hybridized carbons (Fsp3) is 0.250. The molecule has 1 nitrogen and oxygen atoms in total. The number of hydrogen-bond acceptors (Lipinski definition) is 1. The van der Waals surface area contributed by atoms with E-state index in [1.807, 2.05) is 12.2 Å². The van der Waals surface area contributed by atoms with Crippen molar-refractivity contribution in [1.82, 2.24) is 0 Å². The Labute approximate surface area is 119 Å². The molecule has 0 aromatic heterocycles. The fourth-order valence-electron chi connectivity index (χ4n) is 2.68. The van der Waals surface area contributed by atoms with Gasteiger partial charge in [-0.1, -0.05) is 43.5 Å². The number of allylic oxidation sites excluding steroid dienone is 4. The average Bonchev–Trinajstić information content (AvgIpc) is 2.28. The monoisotopic (exact) mass is 286 g/mol. The normalized spacial score (nSPS) is 15.6. The molecule has 1 aromatic rings. The second kappa shape index (κ2) is 5.08. The maximum atomic E-state index is 6.35. The van der Waals surface area contributed by atoms with Gasteiger partial charge in [-0.25, -0.2) is 0 Å². The molecule has 0 radical (unpaired) electrons. The molecule has 0 spiro atoms. The summed E-state index contributed by atoms with van der Waals surface area (Å²) in [6.07, 6.45) is 3.87. The molecular weight excluding hydrogens is 264 g/mol. The summed E-state index contributed by atoms with van der Waals surface area (Å²) in [5, 5.41) is 1.40. The Hall–Kier alpha value is -1.17. The summed E-state index contributed by atoms with van der Waals surface area (Å²) in [6, 6.07) is 6.52. The molecule has 0 amide bonds. The molecule has 1 aliphatic carbocycles. The van der Waals surface area contributed by atoms with Crippen LogP contribution in [-0.2, 0) is 4.12 Å². The van der Waals surface area contributed by atoms with Gasteiger partial charge in [-0.05, 0) is 53.6 Å². The molecule has 0 bridgehead atoms. The highest BCUT2D eigenvalue weighted by molar-refractivity contribution is 6.81. The van der Waals surface area contributed by atoms with Crippen LogP contribution in [0.4, 0.5) is 0 Å². The smallest absolute Gasteiger partial charge is 0.193 e. The van der Waals surface area contributed by atoms with Gasteiger partial charge in [-0.2, -0.15) is 0 Å². The molecule has 0 heterocycles. The SMILES string of the molecule is C=CC1=C(C=C)c2c1cccc2[SiH](C)O[Si](C)(C)C. The number of fused-ring (bicyclic) bond motifs is 1. The topological polar surface area (TPSA) is 9.23 Å². The van der Waals surface area contributed by atoms with Gasteiger partial charge in [0.25, 0.3) is 0 Å². The summed E-state index contributed by atoms with van der Waals surface area (Å²) >= 11 is 0. The Morgan fingerprint density at radius 2 is 1.74 bits per heavy atom. The minimum absolute atomic E-state index is 1.22. The van der Waals surface area contributed by atoms with Crippen LogP contribution in [0.3, 0.4) is 0 Å². The van der Waals surface area contributed by atoms with Crippen molar-refractivity contribution in [3.05, 3.63) is 54.6 Å². The lowest BCUT2D eigenvalue weighted by Crippen LogP contribution is -2.43. The quantitative estimate of drug-likeness (QED) is 0.750. The molecular formula is C16H22OSi2. The van der Waals surface area contributed by atoms with Gasteiger partial charge in [-0.3, -0.25) is 0 Å². The molecule has 1 aromatic carbocycles. The van der Waals surface area contributed by atoms with Crippen LogP contribution in [0.1, 0.15) is 11.1 Å². The lowest BCUT2D eigenvalue weighted by Gasteiger charge is -2.31. The third-order valence-electron chi connectivity index (χ3n) is 3.32. The van der Waals surface area contributed by atoms with Crippen LogP contribution in [0.2, 0.25) is 26.2 Å². The number of hydrogen-bond donors (Lipinski definition) is 0. The summed E-state index contributed by atoms with van der Waals surface area (Å²) < 4.78 is 6.35. The van der Waals surface area contributed by atoms with Gasteiger partial charge < -0.3 is 4.12 Å². The zero-order chi connectivity index (χ0) is 14.2. The Bertz CT molecular complexity index is 565. The Morgan fingerprint density at radius 3 is 2.26 bits per heavy atom. The van der Waals surface area contributed by atoms with Crippen molar-refractivity contribution >= 4 is 33.7 Å². The highest BCUT2D eigenvalue weighted by atomic mass is 28.4. The highest BCUT2D eigenvalue weighted by Gasteiger charge is 2.29. The molecule has 2 rings (SSSR count). The fourth-order valence-corrected chi connectivity index (χ4v) is 8.53. The first kappa shape index (κ1) is 14.2. The van der Waals surface area contributed by atoms with Gasteiger partial charge in [0.1, 0.15) is 0 Å². The summed E-state index contributed by atoms with van der Waals surface area (Å²) in [6.45, 7) is 16.9. The van der Waals surface area contributed by atoms with E-state index >= 15 is 0 Å². The van der Waals surface area contributed by atoms with Crippen LogP contribution in [0.15, 0.2) is 43.5 Å². The van der Waals surface area contributed by atoms with Crippen LogP contribution >= 0.6 is 0 Å². The van der Waals surface area contributed by atoms with Crippen molar-refractivity contribution in [3.63, 3.8) is 0 Å². The minimum Gasteiger partial charge on any atom is -0.455 e. The first-order valence-electron chi connectivity index (χ1n) is 6.69. The van der Waals surface area contributed by atoms with Gasteiger partial charge >= 0.3 is 0 Å².